The highest BCUT2D eigenvalue weighted by Crippen LogP contribution is 2.36. The Labute approximate surface area is 239 Å². The van der Waals surface area contributed by atoms with Crippen LogP contribution in [0.25, 0.3) is 0 Å². The number of anilines is 1. The van der Waals surface area contributed by atoms with Crippen molar-refractivity contribution in [2.24, 2.45) is 0 Å². The molecule has 2 unspecified atom stereocenters. The monoisotopic (exact) mass is 583 g/mol. The van der Waals surface area contributed by atoms with E-state index >= 15 is 0 Å². The SMILES string of the molecule is CCC(C)NC(=O)C(C)N(Cc1ccc(F)cc1)C(=O)CN(c1ccc2c(c1)OCCO2)S(=O)(=O)c1ccccc1. The van der Waals surface area contributed by atoms with E-state index in [1.807, 2.05) is 13.8 Å². The lowest BCUT2D eigenvalue weighted by atomic mass is 10.1. The number of carbonyl (C=O) groups is 2. The third-order valence-electron chi connectivity index (χ3n) is 6.86. The summed E-state index contributed by atoms with van der Waals surface area (Å²) in [5.74, 6) is -0.606. The third-order valence-corrected chi connectivity index (χ3v) is 8.65. The van der Waals surface area contributed by atoms with Crippen LogP contribution in [0.15, 0.2) is 77.7 Å². The lowest BCUT2D eigenvalue weighted by molar-refractivity contribution is -0.139. The van der Waals surface area contributed by atoms with Gasteiger partial charge in [-0.2, -0.15) is 0 Å². The zero-order valence-electron chi connectivity index (χ0n) is 23.2. The second-order valence-corrected chi connectivity index (χ2v) is 11.7. The second kappa shape index (κ2) is 13.0. The maximum absolute atomic E-state index is 14.0. The van der Waals surface area contributed by atoms with E-state index in [1.54, 1.807) is 37.3 Å². The number of nitrogens with one attached hydrogen (secondary N) is 1. The van der Waals surface area contributed by atoms with Crippen LogP contribution in [0.3, 0.4) is 0 Å². The Morgan fingerprint density at radius 2 is 1.61 bits per heavy atom. The van der Waals surface area contributed by atoms with Crippen LogP contribution in [0.5, 0.6) is 11.5 Å². The van der Waals surface area contributed by atoms with Crippen LogP contribution in [0.2, 0.25) is 0 Å². The quantitative estimate of drug-likeness (QED) is 0.364. The maximum Gasteiger partial charge on any atom is 0.264 e. The summed E-state index contributed by atoms with van der Waals surface area (Å²) in [6.45, 7) is 5.40. The first-order valence-corrected chi connectivity index (χ1v) is 14.9. The molecule has 1 aliphatic heterocycles. The number of fused-ring (bicyclic) bond motifs is 1. The van der Waals surface area contributed by atoms with Crippen LogP contribution < -0.4 is 19.1 Å². The van der Waals surface area contributed by atoms with E-state index < -0.39 is 34.3 Å². The summed E-state index contributed by atoms with van der Waals surface area (Å²) in [6.07, 6.45) is 0.692. The number of benzene rings is 3. The summed E-state index contributed by atoms with van der Waals surface area (Å²) in [4.78, 5) is 28.4. The molecule has 0 fully saturated rings. The molecule has 3 aromatic carbocycles. The van der Waals surface area contributed by atoms with Gasteiger partial charge >= 0.3 is 0 Å². The number of halogens is 1. The fraction of sp³-hybridized carbons (Fsp3) is 0.333. The Bertz CT molecular complexity index is 1470. The average molecular weight is 584 g/mol. The predicted octanol–water partition coefficient (Wildman–Crippen LogP) is 4.12. The van der Waals surface area contributed by atoms with Gasteiger partial charge in [-0.3, -0.25) is 13.9 Å². The first-order chi connectivity index (χ1) is 19.6. The summed E-state index contributed by atoms with van der Waals surface area (Å²) in [5, 5.41) is 2.88. The van der Waals surface area contributed by atoms with E-state index in [-0.39, 0.29) is 29.1 Å². The molecule has 0 bridgehead atoms. The summed E-state index contributed by atoms with van der Waals surface area (Å²) in [5.41, 5.74) is 0.782. The largest absolute Gasteiger partial charge is 0.486 e. The molecule has 11 heteroatoms. The van der Waals surface area contributed by atoms with E-state index in [9.17, 15) is 22.4 Å². The maximum atomic E-state index is 14.0. The number of nitrogens with zero attached hydrogens (tertiary/aromatic N) is 2. The number of rotatable bonds is 11. The smallest absolute Gasteiger partial charge is 0.264 e. The van der Waals surface area contributed by atoms with Gasteiger partial charge in [0.2, 0.25) is 11.8 Å². The van der Waals surface area contributed by atoms with Crippen molar-refractivity contribution >= 4 is 27.5 Å². The molecular weight excluding hydrogens is 549 g/mol. The molecular formula is C30H34FN3O6S. The molecule has 0 saturated carbocycles. The molecule has 4 rings (SSSR count). The van der Waals surface area contributed by atoms with Crippen molar-refractivity contribution in [2.75, 3.05) is 24.1 Å². The molecule has 41 heavy (non-hydrogen) atoms. The molecule has 0 spiro atoms. The Morgan fingerprint density at radius 1 is 0.951 bits per heavy atom. The molecule has 9 nitrogen and oxygen atoms in total. The van der Waals surface area contributed by atoms with Crippen LogP contribution in [-0.4, -0.2) is 57.0 Å². The molecule has 2 amide bonds. The Kier molecular flexibility index (Phi) is 9.49. The lowest BCUT2D eigenvalue weighted by Crippen LogP contribution is -2.52. The van der Waals surface area contributed by atoms with Gasteiger partial charge in [0.05, 0.1) is 10.6 Å². The number of sulfonamides is 1. The zero-order chi connectivity index (χ0) is 29.6. The van der Waals surface area contributed by atoms with E-state index in [2.05, 4.69) is 5.32 Å². The number of hydrogen-bond acceptors (Lipinski definition) is 6. The first kappa shape index (κ1) is 29.9. The van der Waals surface area contributed by atoms with Gasteiger partial charge < -0.3 is 19.7 Å². The van der Waals surface area contributed by atoms with E-state index in [1.165, 1.54) is 47.4 Å². The van der Waals surface area contributed by atoms with Crippen molar-refractivity contribution in [3.8, 4) is 11.5 Å². The van der Waals surface area contributed by atoms with Crippen molar-refractivity contribution in [3.05, 3.63) is 84.2 Å². The molecule has 0 saturated heterocycles. The van der Waals surface area contributed by atoms with Crippen molar-refractivity contribution in [1.82, 2.24) is 10.2 Å². The summed E-state index contributed by atoms with van der Waals surface area (Å²) in [7, 11) is -4.22. The van der Waals surface area contributed by atoms with Crippen molar-refractivity contribution < 1.29 is 31.9 Å². The van der Waals surface area contributed by atoms with Crippen molar-refractivity contribution in [3.63, 3.8) is 0 Å². The Morgan fingerprint density at radius 3 is 2.27 bits per heavy atom. The van der Waals surface area contributed by atoms with Gasteiger partial charge in [-0.25, -0.2) is 12.8 Å². The van der Waals surface area contributed by atoms with Crippen LogP contribution in [0.4, 0.5) is 10.1 Å². The summed E-state index contributed by atoms with van der Waals surface area (Å²) < 4.78 is 53.6. The summed E-state index contributed by atoms with van der Waals surface area (Å²) in [6, 6.07) is 17.0. The Balaban J connectivity index is 1.72. The highest BCUT2D eigenvalue weighted by molar-refractivity contribution is 7.92. The highest BCUT2D eigenvalue weighted by Gasteiger charge is 2.33. The van der Waals surface area contributed by atoms with Gasteiger partial charge in [-0.15, -0.1) is 0 Å². The number of amides is 2. The van der Waals surface area contributed by atoms with E-state index in [0.29, 0.717) is 36.7 Å². The zero-order valence-corrected chi connectivity index (χ0v) is 24.1. The second-order valence-electron chi connectivity index (χ2n) is 9.79. The summed E-state index contributed by atoms with van der Waals surface area (Å²) >= 11 is 0. The minimum atomic E-state index is -4.22. The van der Waals surface area contributed by atoms with Gasteiger partial charge in [-0.05, 0) is 62.2 Å². The fourth-order valence-corrected chi connectivity index (χ4v) is 5.70. The van der Waals surface area contributed by atoms with E-state index in [0.717, 1.165) is 4.31 Å². The van der Waals surface area contributed by atoms with Gasteiger partial charge in [0.25, 0.3) is 10.0 Å². The highest BCUT2D eigenvalue weighted by atomic mass is 32.2. The minimum Gasteiger partial charge on any atom is -0.486 e. The molecule has 1 N–H and O–H groups in total. The van der Waals surface area contributed by atoms with Crippen molar-refractivity contribution in [2.45, 2.75) is 50.7 Å². The average Bonchev–Trinajstić information content (AvgIpc) is 2.99. The van der Waals surface area contributed by atoms with Crippen LogP contribution >= 0.6 is 0 Å². The topological polar surface area (TPSA) is 105 Å². The van der Waals surface area contributed by atoms with Crippen LogP contribution in [0, 0.1) is 5.82 Å². The van der Waals surface area contributed by atoms with Gasteiger partial charge in [0, 0.05) is 18.7 Å². The standard InChI is InChI=1S/C30H34FN3O6S/c1-4-21(2)32-30(36)22(3)33(19-23-10-12-24(31)13-11-23)29(35)20-34(41(37,38)26-8-6-5-7-9-26)25-14-15-27-28(18-25)40-17-16-39-27/h5-15,18,21-22H,4,16-17,19-20H2,1-3H3,(H,32,36). The molecule has 0 aliphatic carbocycles. The Hall–Kier alpha value is -4.12. The lowest BCUT2D eigenvalue weighted by Gasteiger charge is -2.32. The van der Waals surface area contributed by atoms with Gasteiger partial charge in [-0.1, -0.05) is 37.3 Å². The number of hydrogen-bond donors (Lipinski definition) is 1. The minimum absolute atomic E-state index is 0.00432. The fourth-order valence-electron chi connectivity index (χ4n) is 4.27. The third kappa shape index (κ3) is 7.15. The van der Waals surface area contributed by atoms with Gasteiger partial charge in [0.1, 0.15) is 31.6 Å². The molecule has 0 aromatic heterocycles. The van der Waals surface area contributed by atoms with Crippen molar-refractivity contribution in [1.29, 1.82) is 0 Å². The van der Waals surface area contributed by atoms with Crippen LogP contribution in [-0.2, 0) is 26.2 Å². The molecule has 1 aliphatic rings. The van der Waals surface area contributed by atoms with Crippen LogP contribution in [0.1, 0.15) is 32.8 Å². The predicted molar refractivity (Wildman–Crippen MR) is 153 cm³/mol. The molecule has 218 valence electrons. The number of carbonyl (C=O) groups excluding carboxylic acids is 2. The molecule has 3 aromatic rings. The van der Waals surface area contributed by atoms with Gasteiger partial charge in [0.15, 0.2) is 11.5 Å². The molecule has 2 atom stereocenters. The normalized spacial score (nSPS) is 14.0. The van der Waals surface area contributed by atoms with E-state index in [4.69, 9.17) is 9.47 Å². The number of ether oxygens (including phenoxy) is 2. The molecule has 0 radical (unpaired) electrons. The first-order valence-electron chi connectivity index (χ1n) is 13.4. The molecule has 1 heterocycles.